The molecule has 4 rings (SSSR count). The van der Waals surface area contributed by atoms with Crippen LogP contribution in [0.1, 0.15) is 5.56 Å². The molecule has 34 heavy (non-hydrogen) atoms. The lowest BCUT2D eigenvalue weighted by Gasteiger charge is -2.15. The van der Waals surface area contributed by atoms with E-state index in [2.05, 4.69) is 5.32 Å². The first-order chi connectivity index (χ1) is 16.2. The standard InChI is InChI=1S/C23H17Cl2N3O5S/c24-16-6-9-18(10-7-16)34(32,33)28-22(30)19-11-8-17(25)12-20(19)27(23(28)31)14-21(29)26-13-15-4-2-1-3-5-15/h1-12H,13-14H2,(H,26,29). The molecular formula is C23H17Cl2N3O5S. The van der Waals surface area contributed by atoms with E-state index in [1.165, 1.54) is 42.5 Å². The minimum absolute atomic E-state index is 0.0416. The molecule has 1 aromatic heterocycles. The lowest BCUT2D eigenvalue weighted by Crippen LogP contribution is -2.45. The maximum atomic E-state index is 13.3. The van der Waals surface area contributed by atoms with E-state index in [1.807, 2.05) is 30.3 Å². The zero-order chi connectivity index (χ0) is 24.5. The molecule has 0 aliphatic carbocycles. The molecule has 0 radical (unpaired) electrons. The number of amides is 1. The van der Waals surface area contributed by atoms with E-state index in [0.717, 1.165) is 10.1 Å². The molecule has 0 saturated heterocycles. The van der Waals surface area contributed by atoms with Crippen molar-refractivity contribution in [2.45, 2.75) is 18.0 Å². The van der Waals surface area contributed by atoms with E-state index in [9.17, 15) is 22.8 Å². The Kier molecular flexibility index (Phi) is 6.60. The van der Waals surface area contributed by atoms with Gasteiger partial charge in [-0.1, -0.05) is 53.5 Å². The first-order valence-electron chi connectivity index (χ1n) is 9.95. The summed E-state index contributed by atoms with van der Waals surface area (Å²) in [6.45, 7) is -0.325. The van der Waals surface area contributed by atoms with Crippen molar-refractivity contribution >= 4 is 50.0 Å². The number of benzene rings is 3. The molecule has 11 heteroatoms. The van der Waals surface area contributed by atoms with Crippen molar-refractivity contribution in [1.29, 1.82) is 0 Å². The number of hydrogen-bond acceptors (Lipinski definition) is 5. The Hall–Kier alpha value is -3.40. The average Bonchev–Trinajstić information content (AvgIpc) is 2.81. The van der Waals surface area contributed by atoms with Crippen LogP contribution < -0.4 is 16.6 Å². The van der Waals surface area contributed by atoms with Gasteiger partial charge in [-0.25, -0.2) is 13.2 Å². The second kappa shape index (κ2) is 9.46. The largest absolute Gasteiger partial charge is 0.350 e. The molecule has 0 aliphatic rings. The molecular weight excluding hydrogens is 501 g/mol. The molecule has 0 atom stereocenters. The van der Waals surface area contributed by atoms with Crippen molar-refractivity contribution < 1.29 is 13.2 Å². The fraction of sp³-hybridized carbons (Fsp3) is 0.0870. The summed E-state index contributed by atoms with van der Waals surface area (Å²) in [5.74, 6) is -0.554. The summed E-state index contributed by atoms with van der Waals surface area (Å²) < 4.78 is 27.5. The second-order valence-electron chi connectivity index (χ2n) is 7.32. The van der Waals surface area contributed by atoms with Crippen LogP contribution in [0.2, 0.25) is 10.0 Å². The third-order valence-corrected chi connectivity index (χ3v) is 7.21. The van der Waals surface area contributed by atoms with E-state index in [4.69, 9.17) is 23.2 Å². The number of rotatable bonds is 6. The Labute approximate surface area is 204 Å². The summed E-state index contributed by atoms with van der Waals surface area (Å²) in [5.41, 5.74) is -1.36. The van der Waals surface area contributed by atoms with Crippen LogP contribution in [-0.2, 0) is 27.9 Å². The van der Waals surface area contributed by atoms with Crippen LogP contribution >= 0.6 is 23.2 Å². The molecule has 4 aromatic rings. The maximum Gasteiger partial charge on any atom is 0.346 e. The Morgan fingerprint density at radius 1 is 0.882 bits per heavy atom. The molecule has 0 aliphatic heterocycles. The van der Waals surface area contributed by atoms with Crippen LogP contribution in [0.25, 0.3) is 10.9 Å². The van der Waals surface area contributed by atoms with Crippen molar-refractivity contribution in [2.75, 3.05) is 0 Å². The first kappa shape index (κ1) is 23.7. The third-order valence-electron chi connectivity index (χ3n) is 5.06. The Bertz CT molecular complexity index is 1610. The van der Waals surface area contributed by atoms with Gasteiger partial charge in [0.05, 0.1) is 15.8 Å². The highest BCUT2D eigenvalue weighted by molar-refractivity contribution is 7.90. The summed E-state index contributed by atoms with van der Waals surface area (Å²) in [7, 11) is -4.58. The predicted octanol–water partition coefficient (Wildman–Crippen LogP) is 3.02. The van der Waals surface area contributed by atoms with Gasteiger partial charge in [-0.2, -0.15) is 0 Å². The number of nitrogens with zero attached hydrogens (tertiary/aromatic N) is 2. The van der Waals surface area contributed by atoms with Crippen LogP contribution in [0.3, 0.4) is 0 Å². The molecule has 0 fully saturated rings. The topological polar surface area (TPSA) is 107 Å². The molecule has 1 amide bonds. The number of hydrogen-bond donors (Lipinski definition) is 1. The summed E-state index contributed by atoms with van der Waals surface area (Å²) >= 11 is 11.9. The Morgan fingerprint density at radius 2 is 1.53 bits per heavy atom. The van der Waals surface area contributed by atoms with Crippen molar-refractivity contribution in [2.24, 2.45) is 0 Å². The zero-order valence-corrected chi connectivity index (χ0v) is 19.8. The van der Waals surface area contributed by atoms with Crippen molar-refractivity contribution in [1.82, 2.24) is 13.9 Å². The van der Waals surface area contributed by atoms with Crippen LogP contribution in [-0.4, -0.2) is 22.9 Å². The normalized spacial score (nSPS) is 11.5. The number of aromatic nitrogens is 2. The van der Waals surface area contributed by atoms with Crippen LogP contribution in [0, 0.1) is 0 Å². The molecule has 8 nitrogen and oxygen atoms in total. The van der Waals surface area contributed by atoms with E-state index >= 15 is 0 Å². The van der Waals surface area contributed by atoms with Gasteiger partial charge in [-0.05, 0) is 48.0 Å². The van der Waals surface area contributed by atoms with Gasteiger partial charge in [0.25, 0.3) is 15.6 Å². The smallest absolute Gasteiger partial charge is 0.346 e. The second-order valence-corrected chi connectivity index (χ2v) is 9.98. The van der Waals surface area contributed by atoms with Gasteiger partial charge in [0.15, 0.2) is 0 Å². The number of nitrogens with one attached hydrogen (secondary N) is 1. The summed E-state index contributed by atoms with van der Waals surface area (Å²) in [6.07, 6.45) is 0. The van der Waals surface area contributed by atoms with Gasteiger partial charge in [0.1, 0.15) is 6.54 Å². The van der Waals surface area contributed by atoms with Crippen molar-refractivity contribution in [3.8, 4) is 0 Å². The quantitative estimate of drug-likeness (QED) is 0.423. The number of fused-ring (bicyclic) bond motifs is 1. The van der Waals surface area contributed by atoms with Crippen LogP contribution in [0.5, 0.6) is 0 Å². The fourth-order valence-electron chi connectivity index (χ4n) is 3.39. The van der Waals surface area contributed by atoms with Gasteiger partial charge in [-0.3, -0.25) is 14.2 Å². The SMILES string of the molecule is O=C(Cn1c(=O)n(S(=O)(=O)c2ccc(Cl)cc2)c(=O)c2ccc(Cl)cc21)NCc1ccccc1. The average molecular weight is 518 g/mol. The first-order valence-corrected chi connectivity index (χ1v) is 12.1. The molecule has 1 N–H and O–H groups in total. The molecule has 0 bridgehead atoms. The van der Waals surface area contributed by atoms with Crippen LogP contribution in [0.4, 0.5) is 0 Å². The monoisotopic (exact) mass is 517 g/mol. The summed E-state index contributed by atoms with van der Waals surface area (Å²) in [5, 5.41) is 3.09. The summed E-state index contributed by atoms with van der Waals surface area (Å²) in [4.78, 5) is 38.8. The minimum Gasteiger partial charge on any atom is -0.350 e. The lowest BCUT2D eigenvalue weighted by molar-refractivity contribution is -0.121. The summed E-state index contributed by atoms with van der Waals surface area (Å²) in [6, 6.07) is 18.2. The van der Waals surface area contributed by atoms with Crippen molar-refractivity contribution in [3.63, 3.8) is 0 Å². The van der Waals surface area contributed by atoms with E-state index in [0.29, 0.717) is 0 Å². The van der Waals surface area contributed by atoms with E-state index in [-0.39, 0.29) is 36.4 Å². The van der Waals surface area contributed by atoms with Gasteiger partial charge < -0.3 is 5.32 Å². The van der Waals surface area contributed by atoms with Gasteiger partial charge in [0, 0.05) is 16.6 Å². The molecule has 0 unspecified atom stereocenters. The zero-order valence-electron chi connectivity index (χ0n) is 17.4. The molecule has 174 valence electrons. The highest BCUT2D eigenvalue weighted by Gasteiger charge is 2.26. The van der Waals surface area contributed by atoms with Gasteiger partial charge in [0.2, 0.25) is 5.91 Å². The number of halogens is 2. The van der Waals surface area contributed by atoms with E-state index in [1.54, 1.807) is 0 Å². The van der Waals surface area contributed by atoms with E-state index < -0.39 is 33.7 Å². The molecule has 0 saturated carbocycles. The third kappa shape index (κ3) is 4.63. The van der Waals surface area contributed by atoms with Crippen molar-refractivity contribution in [3.05, 3.63) is 109 Å². The highest BCUT2D eigenvalue weighted by Crippen LogP contribution is 2.18. The fourth-order valence-corrected chi connectivity index (χ4v) is 4.99. The Morgan fingerprint density at radius 3 is 2.21 bits per heavy atom. The minimum atomic E-state index is -4.58. The number of carbonyl (C=O) groups excluding carboxylic acids is 1. The Balaban J connectivity index is 1.83. The predicted molar refractivity (Wildman–Crippen MR) is 130 cm³/mol. The van der Waals surface area contributed by atoms with Gasteiger partial charge in [-0.15, -0.1) is 3.97 Å². The molecule has 3 aromatic carbocycles. The lowest BCUT2D eigenvalue weighted by atomic mass is 10.2. The van der Waals surface area contributed by atoms with Crippen LogP contribution in [0.15, 0.2) is 87.3 Å². The molecule has 1 heterocycles. The maximum absolute atomic E-state index is 13.3. The number of carbonyl (C=O) groups is 1. The van der Waals surface area contributed by atoms with Gasteiger partial charge >= 0.3 is 5.69 Å². The highest BCUT2D eigenvalue weighted by atomic mass is 35.5. The molecule has 0 spiro atoms.